The smallest absolute Gasteiger partial charge is 0.213 e. The Morgan fingerprint density at radius 1 is 1.50 bits per heavy atom. The first-order valence-corrected chi connectivity index (χ1v) is 3.65. The summed E-state index contributed by atoms with van der Waals surface area (Å²) in [6.07, 6.45) is 0.563. The van der Waals surface area contributed by atoms with Gasteiger partial charge < -0.3 is 0 Å². The van der Waals surface area contributed by atoms with Gasteiger partial charge in [0, 0.05) is 0 Å². The van der Waals surface area contributed by atoms with Crippen molar-refractivity contribution in [2.75, 3.05) is 0 Å². The molecule has 1 heterocycles. The van der Waals surface area contributed by atoms with Crippen molar-refractivity contribution in [3.05, 3.63) is 36.2 Å². The average molecular weight is 169 g/mol. The first kappa shape index (κ1) is 8.84. The van der Waals surface area contributed by atoms with E-state index in [1.54, 1.807) is 0 Å². The molecule has 0 aliphatic rings. The Labute approximate surface area is 69.8 Å². The maximum absolute atomic E-state index is 12.9. The summed E-state index contributed by atoms with van der Waals surface area (Å²) in [6, 6.07) is 2.04. The number of pyridine rings is 1. The first-order valence-electron chi connectivity index (χ1n) is 3.65. The number of halogens is 2. The summed E-state index contributed by atoms with van der Waals surface area (Å²) in [5.41, 5.74) is 0.532. The molecule has 0 aromatic carbocycles. The van der Waals surface area contributed by atoms with Crippen LogP contribution in [-0.4, -0.2) is 4.98 Å². The lowest BCUT2D eigenvalue weighted by atomic mass is 10.1. The van der Waals surface area contributed by atoms with Gasteiger partial charge in [-0.1, -0.05) is 13.5 Å². The average Bonchev–Trinajstić information content (AvgIpc) is 2.08. The number of rotatable bonds is 2. The quantitative estimate of drug-likeness (QED) is 0.620. The molecule has 1 nitrogen and oxygen atoms in total. The van der Waals surface area contributed by atoms with Crippen LogP contribution in [0.25, 0.3) is 5.57 Å². The predicted octanol–water partition coefficient (Wildman–Crippen LogP) is 2.78. The lowest BCUT2D eigenvalue weighted by molar-refractivity contribution is 0.555. The second kappa shape index (κ2) is 3.43. The van der Waals surface area contributed by atoms with E-state index >= 15 is 0 Å². The molecule has 0 fully saturated rings. The van der Waals surface area contributed by atoms with Crippen LogP contribution < -0.4 is 0 Å². The van der Waals surface area contributed by atoms with Crippen LogP contribution in [0.3, 0.4) is 0 Å². The Morgan fingerprint density at radius 3 is 2.75 bits per heavy atom. The molecule has 0 atom stereocenters. The molecule has 1 aromatic heterocycles. The van der Waals surface area contributed by atoms with E-state index in [4.69, 9.17) is 0 Å². The van der Waals surface area contributed by atoms with Crippen molar-refractivity contribution < 1.29 is 8.78 Å². The second-order valence-electron chi connectivity index (χ2n) is 2.42. The number of nitrogens with zero attached hydrogens (tertiary/aromatic N) is 1. The summed E-state index contributed by atoms with van der Waals surface area (Å²) in [4.78, 5) is 3.40. The molecule has 0 unspecified atom stereocenters. The molecule has 0 saturated carbocycles. The van der Waals surface area contributed by atoms with Gasteiger partial charge in [-0.15, -0.1) is 0 Å². The lowest BCUT2D eigenvalue weighted by Crippen LogP contribution is -1.95. The second-order valence-corrected chi connectivity index (χ2v) is 2.42. The minimum absolute atomic E-state index is 0.0255. The Balaban J connectivity index is 3.13. The van der Waals surface area contributed by atoms with E-state index in [2.05, 4.69) is 11.6 Å². The van der Waals surface area contributed by atoms with E-state index in [0.29, 0.717) is 12.0 Å². The summed E-state index contributed by atoms with van der Waals surface area (Å²) in [7, 11) is 0. The van der Waals surface area contributed by atoms with Gasteiger partial charge in [0.1, 0.15) is 11.5 Å². The van der Waals surface area contributed by atoms with Gasteiger partial charge >= 0.3 is 0 Å². The maximum Gasteiger partial charge on any atom is 0.213 e. The highest BCUT2D eigenvalue weighted by Crippen LogP contribution is 2.16. The predicted molar refractivity (Wildman–Crippen MR) is 43.5 cm³/mol. The van der Waals surface area contributed by atoms with Crippen LogP contribution in [-0.2, 0) is 0 Å². The van der Waals surface area contributed by atoms with Gasteiger partial charge in [-0.3, -0.25) is 0 Å². The van der Waals surface area contributed by atoms with Gasteiger partial charge in [0.25, 0.3) is 0 Å². The van der Waals surface area contributed by atoms with E-state index < -0.39 is 11.8 Å². The molecule has 1 rings (SSSR count). The van der Waals surface area contributed by atoms with Gasteiger partial charge in [0.15, 0.2) is 0 Å². The standard InChI is InChI=1S/C9H9F2N/c1-3-6(2)9-7(10)4-5-8(11)12-9/h4-5H,2-3H2,1H3. The Morgan fingerprint density at radius 2 is 2.17 bits per heavy atom. The van der Waals surface area contributed by atoms with Crippen molar-refractivity contribution in [2.45, 2.75) is 13.3 Å². The SMILES string of the molecule is C=C(CC)c1nc(F)ccc1F. The third kappa shape index (κ3) is 1.67. The molecular weight excluding hydrogens is 160 g/mol. The molecule has 64 valence electrons. The molecule has 0 radical (unpaired) electrons. The fourth-order valence-electron chi connectivity index (χ4n) is 0.834. The van der Waals surface area contributed by atoms with Gasteiger partial charge in [-0.05, 0) is 24.1 Å². The van der Waals surface area contributed by atoms with Crippen LogP contribution in [0.15, 0.2) is 18.7 Å². The number of hydrogen-bond acceptors (Lipinski definition) is 1. The summed E-state index contributed by atoms with van der Waals surface area (Å²) in [6.45, 7) is 5.39. The van der Waals surface area contributed by atoms with E-state index in [1.165, 1.54) is 0 Å². The topological polar surface area (TPSA) is 12.9 Å². The summed E-state index contributed by atoms with van der Waals surface area (Å²) < 4.78 is 25.4. The first-order chi connectivity index (χ1) is 5.65. The monoisotopic (exact) mass is 169 g/mol. The molecule has 0 saturated heterocycles. The summed E-state index contributed by atoms with van der Waals surface area (Å²) in [5, 5.41) is 0. The van der Waals surface area contributed by atoms with Gasteiger partial charge in [-0.25, -0.2) is 9.37 Å². The Kier molecular flexibility index (Phi) is 2.53. The normalized spacial score (nSPS) is 9.92. The fourth-order valence-corrected chi connectivity index (χ4v) is 0.834. The summed E-state index contributed by atoms with van der Waals surface area (Å²) >= 11 is 0. The third-order valence-corrected chi connectivity index (χ3v) is 1.57. The molecule has 0 spiro atoms. The van der Waals surface area contributed by atoms with Gasteiger partial charge in [0.2, 0.25) is 5.95 Å². The van der Waals surface area contributed by atoms with Crippen molar-refractivity contribution in [1.29, 1.82) is 0 Å². The zero-order valence-corrected chi connectivity index (χ0v) is 6.77. The molecule has 0 N–H and O–H groups in total. The molecule has 12 heavy (non-hydrogen) atoms. The highest BCUT2D eigenvalue weighted by Gasteiger charge is 2.06. The van der Waals surface area contributed by atoms with Crippen LogP contribution in [0.1, 0.15) is 19.0 Å². The van der Waals surface area contributed by atoms with Crippen LogP contribution in [0.4, 0.5) is 8.78 Å². The van der Waals surface area contributed by atoms with Gasteiger partial charge in [-0.2, -0.15) is 4.39 Å². The Hall–Kier alpha value is -1.25. The van der Waals surface area contributed by atoms with Crippen molar-refractivity contribution in [3.8, 4) is 0 Å². The van der Waals surface area contributed by atoms with E-state index in [-0.39, 0.29) is 5.69 Å². The minimum Gasteiger partial charge on any atom is -0.217 e. The molecule has 0 bridgehead atoms. The highest BCUT2D eigenvalue weighted by atomic mass is 19.1. The molecule has 0 aliphatic heterocycles. The number of allylic oxidation sites excluding steroid dienone is 1. The van der Waals surface area contributed by atoms with Crippen molar-refractivity contribution in [1.82, 2.24) is 4.98 Å². The molecule has 0 amide bonds. The lowest BCUT2D eigenvalue weighted by Gasteiger charge is -2.02. The van der Waals surface area contributed by atoms with E-state index in [1.807, 2.05) is 6.92 Å². The van der Waals surface area contributed by atoms with Crippen molar-refractivity contribution in [3.63, 3.8) is 0 Å². The van der Waals surface area contributed by atoms with Crippen LogP contribution in [0, 0.1) is 11.8 Å². The number of hydrogen-bond donors (Lipinski definition) is 0. The zero-order chi connectivity index (χ0) is 9.14. The number of aromatic nitrogens is 1. The van der Waals surface area contributed by atoms with Crippen LogP contribution >= 0.6 is 0 Å². The largest absolute Gasteiger partial charge is 0.217 e. The highest BCUT2D eigenvalue weighted by molar-refractivity contribution is 5.59. The maximum atomic E-state index is 12.9. The molecule has 1 aromatic rings. The van der Waals surface area contributed by atoms with E-state index in [0.717, 1.165) is 12.1 Å². The Bertz CT molecular complexity index is 307. The van der Waals surface area contributed by atoms with Crippen LogP contribution in [0.2, 0.25) is 0 Å². The van der Waals surface area contributed by atoms with Gasteiger partial charge in [0.05, 0.1) is 0 Å². The minimum atomic E-state index is -0.680. The summed E-state index contributed by atoms with van der Waals surface area (Å²) in [5.74, 6) is -1.20. The van der Waals surface area contributed by atoms with Crippen LogP contribution in [0.5, 0.6) is 0 Å². The third-order valence-electron chi connectivity index (χ3n) is 1.57. The van der Waals surface area contributed by atoms with E-state index in [9.17, 15) is 8.78 Å². The molecular formula is C9H9F2N. The molecule has 0 aliphatic carbocycles. The molecule has 3 heteroatoms. The van der Waals surface area contributed by atoms with Crippen molar-refractivity contribution in [2.24, 2.45) is 0 Å². The fraction of sp³-hybridized carbons (Fsp3) is 0.222. The zero-order valence-electron chi connectivity index (χ0n) is 6.77. The van der Waals surface area contributed by atoms with Crippen molar-refractivity contribution >= 4 is 5.57 Å².